The van der Waals surface area contributed by atoms with Crippen LogP contribution in [0, 0.1) is 12.8 Å². The van der Waals surface area contributed by atoms with Crippen molar-refractivity contribution in [3.05, 3.63) is 47.5 Å². The van der Waals surface area contributed by atoms with E-state index in [1.165, 1.54) is 15.9 Å². The molecule has 2 N–H and O–H groups in total. The average Bonchev–Trinajstić information content (AvgIpc) is 2.80. The number of hydrogen-bond acceptors (Lipinski definition) is 5. The van der Waals surface area contributed by atoms with E-state index in [1.807, 2.05) is 24.3 Å². The van der Waals surface area contributed by atoms with Crippen LogP contribution < -0.4 is 15.4 Å². The highest BCUT2D eigenvalue weighted by Gasteiger charge is 2.35. The van der Waals surface area contributed by atoms with Gasteiger partial charge in [-0.15, -0.1) is 0 Å². The highest BCUT2D eigenvalue weighted by molar-refractivity contribution is 7.89. The summed E-state index contributed by atoms with van der Waals surface area (Å²) in [7, 11) is -3.84. The van der Waals surface area contributed by atoms with E-state index in [0.717, 1.165) is 6.42 Å². The van der Waals surface area contributed by atoms with Gasteiger partial charge in [-0.05, 0) is 62.4 Å². The number of rotatable bonds is 5. The fourth-order valence-corrected chi connectivity index (χ4v) is 5.95. The molecule has 0 unspecified atom stereocenters. The molecule has 2 aromatic rings. The second-order valence-electron chi connectivity index (χ2n) is 8.61. The molecule has 0 saturated carbocycles. The number of carbonyl (C=O) groups excluding carboxylic acids is 2. The Hall–Kier alpha value is -2.91. The van der Waals surface area contributed by atoms with Gasteiger partial charge in [-0.3, -0.25) is 9.59 Å². The topological polar surface area (TPSA) is 105 Å². The number of nitrogens with one attached hydrogen (secondary N) is 2. The molecule has 2 atom stereocenters. The monoisotopic (exact) mass is 471 g/mol. The Balaban J connectivity index is 1.52. The molecule has 176 valence electrons. The quantitative estimate of drug-likeness (QED) is 0.696. The zero-order valence-corrected chi connectivity index (χ0v) is 19.9. The average molecular weight is 472 g/mol. The molecule has 1 fully saturated rings. The SMILES string of the molecule is CCc1ccc(NC(=O)[C@@H]2CCCN(S(=O)(=O)c3cc4c(cc3C)NC(=O)[C@@H](C)O4)C2)cc1. The Labute approximate surface area is 194 Å². The number of fused-ring (bicyclic) bond motifs is 1. The van der Waals surface area contributed by atoms with Crippen molar-refractivity contribution in [3.63, 3.8) is 0 Å². The minimum absolute atomic E-state index is 0.117. The van der Waals surface area contributed by atoms with Crippen molar-refractivity contribution in [1.82, 2.24) is 4.31 Å². The molecule has 33 heavy (non-hydrogen) atoms. The maximum absolute atomic E-state index is 13.5. The fraction of sp³-hybridized carbons (Fsp3) is 0.417. The number of nitrogens with zero attached hydrogens (tertiary/aromatic N) is 1. The van der Waals surface area contributed by atoms with Gasteiger partial charge in [0.25, 0.3) is 5.91 Å². The van der Waals surface area contributed by atoms with E-state index in [4.69, 9.17) is 4.74 Å². The molecule has 2 heterocycles. The molecule has 9 heteroatoms. The number of amides is 2. The largest absolute Gasteiger partial charge is 0.479 e. The minimum atomic E-state index is -3.84. The van der Waals surface area contributed by atoms with E-state index in [2.05, 4.69) is 17.6 Å². The molecule has 0 bridgehead atoms. The second-order valence-corrected chi connectivity index (χ2v) is 10.5. The first kappa shape index (κ1) is 23.3. The number of ether oxygens (including phenoxy) is 1. The maximum atomic E-state index is 13.5. The Morgan fingerprint density at radius 3 is 2.67 bits per heavy atom. The fourth-order valence-electron chi connectivity index (χ4n) is 4.20. The molecule has 0 radical (unpaired) electrons. The summed E-state index contributed by atoms with van der Waals surface area (Å²) in [5, 5.41) is 5.65. The normalized spacial score (nSPS) is 21.0. The van der Waals surface area contributed by atoms with Crippen LogP contribution in [0.15, 0.2) is 41.3 Å². The van der Waals surface area contributed by atoms with Crippen LogP contribution in [0.2, 0.25) is 0 Å². The van der Waals surface area contributed by atoms with Crippen molar-refractivity contribution < 1.29 is 22.7 Å². The van der Waals surface area contributed by atoms with Gasteiger partial charge in [0.1, 0.15) is 5.75 Å². The first-order valence-corrected chi connectivity index (χ1v) is 12.6. The highest BCUT2D eigenvalue weighted by atomic mass is 32.2. The summed E-state index contributed by atoms with van der Waals surface area (Å²) in [6.07, 6.45) is 1.44. The smallest absolute Gasteiger partial charge is 0.265 e. The lowest BCUT2D eigenvalue weighted by atomic mass is 9.98. The lowest BCUT2D eigenvalue weighted by Crippen LogP contribution is -2.44. The van der Waals surface area contributed by atoms with E-state index in [-0.39, 0.29) is 23.3 Å². The van der Waals surface area contributed by atoms with Crippen molar-refractivity contribution in [1.29, 1.82) is 0 Å². The van der Waals surface area contributed by atoms with Crippen molar-refractivity contribution in [2.24, 2.45) is 5.92 Å². The number of aryl methyl sites for hydroxylation is 2. The molecule has 0 spiro atoms. The van der Waals surface area contributed by atoms with Gasteiger partial charge in [0.05, 0.1) is 16.5 Å². The molecular weight excluding hydrogens is 442 g/mol. The van der Waals surface area contributed by atoms with Crippen LogP contribution >= 0.6 is 0 Å². The second kappa shape index (κ2) is 9.15. The Kier molecular flexibility index (Phi) is 6.45. The maximum Gasteiger partial charge on any atom is 0.265 e. The predicted molar refractivity (Wildman–Crippen MR) is 126 cm³/mol. The summed E-state index contributed by atoms with van der Waals surface area (Å²) in [6.45, 7) is 5.83. The molecule has 0 aliphatic carbocycles. The zero-order valence-electron chi connectivity index (χ0n) is 19.1. The number of carbonyl (C=O) groups is 2. The number of piperidine rings is 1. The Bertz CT molecular complexity index is 1180. The molecule has 2 aliphatic heterocycles. The van der Waals surface area contributed by atoms with Gasteiger partial charge >= 0.3 is 0 Å². The van der Waals surface area contributed by atoms with Crippen LogP contribution in [0.25, 0.3) is 0 Å². The molecule has 8 nitrogen and oxygen atoms in total. The molecule has 1 saturated heterocycles. The summed E-state index contributed by atoms with van der Waals surface area (Å²) in [5.74, 6) is -0.561. The van der Waals surface area contributed by atoms with Gasteiger partial charge in [-0.25, -0.2) is 8.42 Å². The first-order chi connectivity index (χ1) is 15.7. The Morgan fingerprint density at radius 2 is 1.97 bits per heavy atom. The van der Waals surface area contributed by atoms with Crippen LogP contribution in [-0.2, 0) is 26.0 Å². The minimum Gasteiger partial charge on any atom is -0.479 e. The third-order valence-corrected chi connectivity index (χ3v) is 8.22. The van der Waals surface area contributed by atoms with Gasteiger partial charge in [-0.2, -0.15) is 4.31 Å². The van der Waals surface area contributed by atoms with Crippen molar-refractivity contribution in [2.75, 3.05) is 23.7 Å². The highest BCUT2D eigenvalue weighted by Crippen LogP contribution is 2.36. The zero-order chi connectivity index (χ0) is 23.8. The molecule has 2 amide bonds. The third-order valence-electron chi connectivity index (χ3n) is 6.21. The predicted octanol–water partition coefficient (Wildman–Crippen LogP) is 3.32. The summed E-state index contributed by atoms with van der Waals surface area (Å²) < 4.78 is 34.0. The lowest BCUT2D eigenvalue weighted by molar-refractivity contribution is -0.123. The van der Waals surface area contributed by atoms with Crippen LogP contribution in [0.5, 0.6) is 5.75 Å². The summed E-state index contributed by atoms with van der Waals surface area (Å²) in [6, 6.07) is 10.7. The summed E-state index contributed by atoms with van der Waals surface area (Å²) in [5.41, 5.74) is 2.85. The summed E-state index contributed by atoms with van der Waals surface area (Å²) in [4.78, 5) is 24.8. The van der Waals surface area contributed by atoms with Crippen LogP contribution in [0.4, 0.5) is 11.4 Å². The van der Waals surface area contributed by atoms with Crippen molar-refractivity contribution in [3.8, 4) is 5.75 Å². The number of anilines is 2. The van der Waals surface area contributed by atoms with Crippen LogP contribution in [-0.4, -0.2) is 43.7 Å². The van der Waals surface area contributed by atoms with Gasteiger partial charge < -0.3 is 15.4 Å². The van der Waals surface area contributed by atoms with E-state index < -0.39 is 22.0 Å². The van der Waals surface area contributed by atoms with Gasteiger partial charge in [0, 0.05) is 24.8 Å². The summed E-state index contributed by atoms with van der Waals surface area (Å²) >= 11 is 0. The van der Waals surface area contributed by atoms with Gasteiger partial charge in [-0.1, -0.05) is 19.1 Å². The number of sulfonamides is 1. The molecule has 2 aromatic carbocycles. The van der Waals surface area contributed by atoms with E-state index in [0.29, 0.717) is 42.1 Å². The van der Waals surface area contributed by atoms with Crippen molar-refractivity contribution in [2.45, 2.75) is 51.0 Å². The van der Waals surface area contributed by atoms with E-state index in [1.54, 1.807) is 19.9 Å². The van der Waals surface area contributed by atoms with E-state index in [9.17, 15) is 18.0 Å². The van der Waals surface area contributed by atoms with Gasteiger partial charge in [0.15, 0.2) is 6.10 Å². The van der Waals surface area contributed by atoms with E-state index >= 15 is 0 Å². The third kappa shape index (κ3) is 4.74. The number of benzene rings is 2. The standard InChI is InChI=1S/C24H29N3O5S/c1-4-17-7-9-19(10-8-17)25-24(29)18-6-5-11-27(14-18)33(30,31)22-13-21-20(12-15(22)2)26-23(28)16(3)32-21/h7-10,12-13,16,18H,4-6,11,14H2,1-3H3,(H,25,29)(H,26,28)/t16-,18-/m1/s1. The first-order valence-electron chi connectivity index (χ1n) is 11.2. The number of hydrogen-bond donors (Lipinski definition) is 2. The molecular formula is C24H29N3O5S. The molecule has 0 aromatic heterocycles. The van der Waals surface area contributed by atoms with Crippen molar-refractivity contribution >= 4 is 33.2 Å². The molecule has 2 aliphatic rings. The molecule has 4 rings (SSSR count). The van der Waals surface area contributed by atoms with Crippen LogP contribution in [0.3, 0.4) is 0 Å². The lowest BCUT2D eigenvalue weighted by Gasteiger charge is -2.32. The van der Waals surface area contributed by atoms with Gasteiger partial charge in [0.2, 0.25) is 15.9 Å². The van der Waals surface area contributed by atoms with Crippen LogP contribution in [0.1, 0.15) is 37.8 Å². The Morgan fingerprint density at radius 1 is 1.24 bits per heavy atom.